The second-order valence-corrected chi connectivity index (χ2v) is 7.37. The van der Waals surface area contributed by atoms with Gasteiger partial charge in [0.25, 0.3) is 11.2 Å². The zero-order valence-corrected chi connectivity index (χ0v) is 13.7. The Bertz CT molecular complexity index is 597. The number of rotatable bonds is 2. The molecule has 1 aromatic rings. The van der Waals surface area contributed by atoms with Crippen molar-refractivity contribution < 1.29 is 22.1 Å². The summed E-state index contributed by atoms with van der Waals surface area (Å²) in [4.78, 5) is 17.1. The molecule has 1 N–H and O–H groups in total. The van der Waals surface area contributed by atoms with Gasteiger partial charge in [-0.05, 0) is 32.9 Å². The highest BCUT2D eigenvalue weighted by Gasteiger charge is 2.34. The fraction of sp³-hybridized carbons (Fsp3) is 0.429. The normalized spacial score (nSPS) is 18.2. The molecule has 0 bridgehead atoms. The Morgan fingerprint density at radius 3 is 2.57 bits per heavy atom. The van der Waals surface area contributed by atoms with Gasteiger partial charge in [-0.1, -0.05) is 0 Å². The molecule has 1 amide bonds. The predicted molar refractivity (Wildman–Crippen MR) is 82.5 cm³/mol. The summed E-state index contributed by atoms with van der Waals surface area (Å²) in [6.45, 7) is 5.50. The third kappa shape index (κ3) is 5.05. The third-order valence-electron chi connectivity index (χ3n) is 2.69. The quantitative estimate of drug-likeness (QED) is 0.832. The van der Waals surface area contributed by atoms with Crippen LogP contribution in [0.1, 0.15) is 26.3 Å². The van der Waals surface area contributed by atoms with Gasteiger partial charge < -0.3 is 5.32 Å². The molecule has 126 valence electrons. The molecule has 0 fully saturated rings. The standard InChI is InChI=1S/C14H16F3N3O2S/c1-13(2,3)19-12(21)22-23-7-6-20(9-23)11-5-4-10(8-18-11)14(15,16)17/h4-8H,9H2,1-3H3/p+1. The Morgan fingerprint density at radius 1 is 1.35 bits per heavy atom. The van der Waals surface area contributed by atoms with Crippen molar-refractivity contribution in [2.75, 3.05) is 10.8 Å². The maximum absolute atomic E-state index is 12.5. The topological polar surface area (TPSA) is 54.5 Å². The van der Waals surface area contributed by atoms with E-state index in [1.807, 2.05) is 20.8 Å². The van der Waals surface area contributed by atoms with Crippen molar-refractivity contribution >= 4 is 23.1 Å². The van der Waals surface area contributed by atoms with Crippen LogP contribution in [0.5, 0.6) is 0 Å². The Hall–Kier alpha value is -1.90. The number of nitrogens with zero attached hydrogens (tertiary/aromatic N) is 2. The van der Waals surface area contributed by atoms with Gasteiger partial charge in [0.2, 0.25) is 5.88 Å². The van der Waals surface area contributed by atoms with Crippen molar-refractivity contribution in [2.45, 2.75) is 32.5 Å². The van der Waals surface area contributed by atoms with Crippen molar-refractivity contribution in [3.05, 3.63) is 35.5 Å². The number of carbonyl (C=O) groups excluding carboxylic acids is 1. The molecule has 1 atom stereocenters. The third-order valence-corrected chi connectivity index (χ3v) is 4.01. The Kier molecular flexibility index (Phi) is 4.79. The van der Waals surface area contributed by atoms with E-state index in [2.05, 4.69) is 10.3 Å². The van der Waals surface area contributed by atoms with Gasteiger partial charge in [0.15, 0.2) is 5.41 Å². The minimum atomic E-state index is -4.41. The zero-order valence-electron chi connectivity index (χ0n) is 12.8. The molecule has 0 aromatic carbocycles. The molecular formula is C14H17F3N3O2S+. The van der Waals surface area contributed by atoms with E-state index in [0.717, 1.165) is 12.3 Å². The second-order valence-electron chi connectivity index (χ2n) is 5.91. The number of anilines is 1. The van der Waals surface area contributed by atoms with Crippen molar-refractivity contribution in [3.63, 3.8) is 0 Å². The number of alkyl halides is 3. The van der Waals surface area contributed by atoms with Crippen LogP contribution in [0.2, 0.25) is 0 Å². The summed E-state index contributed by atoms with van der Waals surface area (Å²) >= 11 is -0.774. The number of halogens is 3. The van der Waals surface area contributed by atoms with Gasteiger partial charge in [-0.25, -0.2) is 14.0 Å². The van der Waals surface area contributed by atoms with Crippen LogP contribution in [0.3, 0.4) is 0 Å². The predicted octanol–water partition coefficient (Wildman–Crippen LogP) is 3.41. The van der Waals surface area contributed by atoms with Gasteiger partial charge in [-0.2, -0.15) is 13.2 Å². The molecule has 0 radical (unpaired) electrons. The summed E-state index contributed by atoms with van der Waals surface area (Å²) in [5.74, 6) is 0.694. The van der Waals surface area contributed by atoms with Gasteiger partial charge in [0, 0.05) is 11.7 Å². The first kappa shape index (κ1) is 17.5. The molecule has 23 heavy (non-hydrogen) atoms. The first-order chi connectivity index (χ1) is 10.5. The molecule has 1 aliphatic rings. The van der Waals surface area contributed by atoms with Gasteiger partial charge >= 0.3 is 12.3 Å². The maximum Gasteiger partial charge on any atom is 0.460 e. The minimum Gasteiger partial charge on any atom is -0.313 e. The van der Waals surface area contributed by atoms with Crippen molar-refractivity contribution in [1.29, 1.82) is 0 Å². The highest BCUT2D eigenvalue weighted by molar-refractivity contribution is 7.95. The van der Waals surface area contributed by atoms with Crippen molar-refractivity contribution in [1.82, 2.24) is 10.3 Å². The zero-order chi connectivity index (χ0) is 17.3. The minimum absolute atomic E-state index is 0.329. The molecule has 1 aliphatic heterocycles. The van der Waals surface area contributed by atoms with E-state index in [1.165, 1.54) is 6.07 Å². The molecular weight excluding hydrogens is 331 g/mol. The number of nitrogens with one attached hydrogen (secondary N) is 1. The molecule has 2 heterocycles. The summed E-state index contributed by atoms with van der Waals surface area (Å²) in [6, 6.07) is 2.26. The van der Waals surface area contributed by atoms with E-state index in [9.17, 15) is 18.0 Å². The van der Waals surface area contributed by atoms with Crippen LogP contribution < -0.4 is 10.2 Å². The summed E-state index contributed by atoms with van der Waals surface area (Å²) in [5.41, 5.74) is -1.21. The van der Waals surface area contributed by atoms with E-state index < -0.39 is 34.5 Å². The summed E-state index contributed by atoms with van der Waals surface area (Å²) in [7, 11) is 0. The molecule has 0 aliphatic carbocycles. The number of hydrogen-bond acceptors (Lipinski definition) is 4. The molecule has 0 saturated carbocycles. The van der Waals surface area contributed by atoms with Gasteiger partial charge in [0.1, 0.15) is 5.82 Å². The lowest BCUT2D eigenvalue weighted by Gasteiger charge is -2.18. The Balaban J connectivity index is 1.93. The fourth-order valence-corrected chi connectivity index (χ4v) is 2.91. The van der Waals surface area contributed by atoms with Crippen LogP contribution in [0, 0.1) is 0 Å². The molecule has 2 rings (SSSR count). The number of pyridine rings is 1. The van der Waals surface area contributed by atoms with Crippen LogP contribution in [-0.4, -0.2) is 22.5 Å². The summed E-state index contributed by atoms with van der Waals surface area (Å²) < 4.78 is 42.8. The van der Waals surface area contributed by atoms with Crippen LogP contribution >= 0.6 is 0 Å². The fourth-order valence-electron chi connectivity index (χ4n) is 1.71. The number of carbonyl (C=O) groups is 1. The highest BCUT2D eigenvalue weighted by atomic mass is 32.2. The van der Waals surface area contributed by atoms with E-state index >= 15 is 0 Å². The van der Waals surface area contributed by atoms with Gasteiger partial charge in [0.05, 0.1) is 11.8 Å². The Morgan fingerprint density at radius 2 is 2.04 bits per heavy atom. The largest absolute Gasteiger partial charge is 0.460 e. The van der Waals surface area contributed by atoms with E-state index in [4.69, 9.17) is 4.18 Å². The molecule has 0 saturated heterocycles. The van der Waals surface area contributed by atoms with Crippen LogP contribution in [0.4, 0.5) is 23.8 Å². The van der Waals surface area contributed by atoms with Crippen molar-refractivity contribution in [2.24, 2.45) is 0 Å². The second kappa shape index (κ2) is 6.31. The number of aromatic nitrogens is 1. The average Bonchev–Trinajstić information content (AvgIpc) is 2.84. The lowest BCUT2D eigenvalue weighted by Crippen LogP contribution is -2.41. The molecule has 1 unspecified atom stereocenters. The monoisotopic (exact) mass is 348 g/mol. The molecule has 9 heteroatoms. The summed E-state index contributed by atoms with van der Waals surface area (Å²) in [5, 5.41) is 4.36. The first-order valence-electron chi connectivity index (χ1n) is 6.73. The number of amides is 1. The van der Waals surface area contributed by atoms with E-state index in [1.54, 1.807) is 16.5 Å². The maximum atomic E-state index is 12.5. The van der Waals surface area contributed by atoms with E-state index in [-0.39, 0.29) is 0 Å². The van der Waals surface area contributed by atoms with Gasteiger partial charge in [-0.15, -0.1) is 0 Å². The average molecular weight is 348 g/mol. The van der Waals surface area contributed by atoms with E-state index in [0.29, 0.717) is 11.7 Å². The molecule has 0 spiro atoms. The highest BCUT2D eigenvalue weighted by Crippen LogP contribution is 2.30. The molecule has 5 nitrogen and oxygen atoms in total. The number of hydrogen-bond donors (Lipinski definition) is 1. The molecule has 1 aromatic heterocycles. The summed E-state index contributed by atoms with van der Waals surface area (Å²) in [6.07, 6.45) is -2.52. The first-order valence-corrected chi connectivity index (χ1v) is 8.11. The van der Waals surface area contributed by atoms with Crippen LogP contribution in [0.25, 0.3) is 0 Å². The van der Waals surface area contributed by atoms with Crippen LogP contribution in [0.15, 0.2) is 29.9 Å². The SMILES string of the molecule is CC(C)(C)NC(=O)O[S+]1C=CN(c2ccc(C(F)(F)F)cn2)C1. The lowest BCUT2D eigenvalue weighted by atomic mass is 10.1. The lowest BCUT2D eigenvalue weighted by molar-refractivity contribution is -0.137. The smallest absolute Gasteiger partial charge is 0.313 e. The Labute approximate surface area is 135 Å². The van der Waals surface area contributed by atoms with Crippen LogP contribution in [-0.2, 0) is 21.5 Å². The van der Waals surface area contributed by atoms with Crippen molar-refractivity contribution in [3.8, 4) is 0 Å². The van der Waals surface area contributed by atoms with Gasteiger partial charge in [-0.3, -0.25) is 4.90 Å².